The van der Waals surface area contributed by atoms with Crippen molar-refractivity contribution in [2.24, 2.45) is 0 Å². The molecule has 0 amide bonds. The molecule has 0 saturated carbocycles. The van der Waals surface area contributed by atoms with Gasteiger partial charge in [-0.2, -0.15) is 0 Å². The maximum Gasteiger partial charge on any atom is 0.171 e. The zero-order valence-corrected chi connectivity index (χ0v) is 8.36. The van der Waals surface area contributed by atoms with E-state index in [0.29, 0.717) is 5.92 Å². The minimum Gasteiger partial charge on any atom is -0.316 e. The average molecular weight is 196 g/mol. The van der Waals surface area contributed by atoms with E-state index in [0.717, 1.165) is 29.4 Å². The Bertz CT molecular complexity index is 315. The highest BCUT2D eigenvalue weighted by Gasteiger charge is 2.20. The fraction of sp³-hybridized carbons (Fsp3) is 0.556. The van der Waals surface area contributed by atoms with Crippen molar-refractivity contribution in [1.82, 2.24) is 10.3 Å². The van der Waals surface area contributed by atoms with Crippen molar-refractivity contribution >= 4 is 17.1 Å². The maximum atomic E-state index is 11.0. The zero-order valence-electron chi connectivity index (χ0n) is 7.54. The minimum atomic E-state index is 0.120. The summed E-state index contributed by atoms with van der Waals surface area (Å²) < 4.78 is 0. The molecule has 3 nitrogen and oxygen atoms in total. The minimum absolute atomic E-state index is 0.120. The van der Waals surface area contributed by atoms with E-state index in [1.165, 1.54) is 11.3 Å². The Morgan fingerprint density at radius 1 is 1.77 bits per heavy atom. The number of hydrogen-bond donors (Lipinski definition) is 1. The van der Waals surface area contributed by atoms with E-state index in [4.69, 9.17) is 0 Å². The van der Waals surface area contributed by atoms with Gasteiger partial charge in [-0.15, -0.1) is 11.3 Å². The molecule has 1 saturated heterocycles. The van der Waals surface area contributed by atoms with Crippen LogP contribution in [0.25, 0.3) is 0 Å². The van der Waals surface area contributed by atoms with E-state index >= 15 is 0 Å². The average Bonchev–Trinajstić information content (AvgIpc) is 2.75. The topological polar surface area (TPSA) is 42.0 Å². The Balaban J connectivity index is 2.16. The molecule has 0 bridgehead atoms. The summed E-state index contributed by atoms with van der Waals surface area (Å²) in [5.41, 5.74) is 0. The fourth-order valence-electron chi connectivity index (χ4n) is 1.50. The van der Waals surface area contributed by atoms with Gasteiger partial charge in [0.05, 0.1) is 9.88 Å². The highest BCUT2D eigenvalue weighted by Crippen LogP contribution is 2.26. The zero-order chi connectivity index (χ0) is 9.26. The summed E-state index contributed by atoms with van der Waals surface area (Å²) in [6, 6.07) is 0. The van der Waals surface area contributed by atoms with Gasteiger partial charge in [-0.1, -0.05) is 0 Å². The summed E-state index contributed by atoms with van der Waals surface area (Å²) in [6.45, 7) is 3.66. The van der Waals surface area contributed by atoms with Gasteiger partial charge >= 0.3 is 0 Å². The third-order valence-corrected chi connectivity index (χ3v) is 3.54. The normalized spacial score (nSPS) is 22.1. The van der Waals surface area contributed by atoms with Crippen molar-refractivity contribution in [3.8, 4) is 0 Å². The third kappa shape index (κ3) is 1.78. The molecule has 0 aliphatic carbocycles. The number of carbonyl (C=O) groups is 1. The van der Waals surface area contributed by atoms with Crippen molar-refractivity contribution in [3.05, 3.63) is 16.1 Å². The number of rotatable bonds is 2. The molecule has 70 valence electrons. The number of carbonyl (C=O) groups excluding carboxylic acids is 1. The Labute approximate surface area is 81.2 Å². The number of Topliss-reactive ketones (excluding diaryl/α,β-unsaturated/α-hetero) is 1. The summed E-state index contributed by atoms with van der Waals surface area (Å²) in [5, 5.41) is 4.40. The lowest BCUT2D eigenvalue weighted by Gasteiger charge is -2.00. The van der Waals surface area contributed by atoms with Gasteiger partial charge in [-0.3, -0.25) is 4.79 Å². The molecule has 4 heteroatoms. The number of thiazole rings is 1. The van der Waals surface area contributed by atoms with Crippen molar-refractivity contribution in [3.63, 3.8) is 0 Å². The first-order chi connectivity index (χ1) is 6.27. The van der Waals surface area contributed by atoms with Crippen LogP contribution >= 0.6 is 11.3 Å². The Morgan fingerprint density at radius 3 is 3.15 bits per heavy atom. The van der Waals surface area contributed by atoms with Crippen LogP contribution in [0.4, 0.5) is 0 Å². The van der Waals surface area contributed by atoms with Crippen molar-refractivity contribution in [2.75, 3.05) is 13.1 Å². The van der Waals surface area contributed by atoms with Crippen molar-refractivity contribution in [1.29, 1.82) is 0 Å². The van der Waals surface area contributed by atoms with Gasteiger partial charge < -0.3 is 5.32 Å². The maximum absolute atomic E-state index is 11.0. The monoisotopic (exact) mass is 196 g/mol. The molecule has 1 aliphatic heterocycles. The lowest BCUT2D eigenvalue weighted by molar-refractivity contribution is 0.102. The predicted octanol–water partition coefficient (Wildman–Crippen LogP) is 1.42. The van der Waals surface area contributed by atoms with Crippen molar-refractivity contribution in [2.45, 2.75) is 19.3 Å². The molecule has 1 aromatic rings. The fourth-order valence-corrected chi connectivity index (χ4v) is 2.45. The highest BCUT2D eigenvalue weighted by molar-refractivity contribution is 7.13. The number of hydrogen-bond acceptors (Lipinski definition) is 4. The van der Waals surface area contributed by atoms with Crippen LogP contribution in [0.2, 0.25) is 0 Å². The first-order valence-corrected chi connectivity index (χ1v) is 5.26. The Hall–Kier alpha value is -0.740. The lowest BCUT2D eigenvalue weighted by atomic mass is 10.1. The molecular formula is C9H12N2OS. The molecular weight excluding hydrogens is 184 g/mol. The van der Waals surface area contributed by atoms with Crippen LogP contribution in [0.15, 0.2) is 6.20 Å². The lowest BCUT2D eigenvalue weighted by Crippen LogP contribution is -2.07. The SMILES string of the molecule is CC(=O)c1cnc(C2CCNC2)s1. The quantitative estimate of drug-likeness (QED) is 0.727. The molecule has 2 heterocycles. The van der Waals surface area contributed by atoms with Gasteiger partial charge in [-0.25, -0.2) is 4.98 Å². The van der Waals surface area contributed by atoms with Crippen LogP contribution in [0.1, 0.15) is 33.9 Å². The molecule has 1 fully saturated rings. The molecule has 0 radical (unpaired) electrons. The van der Waals surface area contributed by atoms with E-state index in [1.54, 1.807) is 13.1 Å². The van der Waals surface area contributed by atoms with Gasteiger partial charge in [0.25, 0.3) is 0 Å². The van der Waals surface area contributed by atoms with E-state index in [2.05, 4.69) is 10.3 Å². The van der Waals surface area contributed by atoms with E-state index < -0.39 is 0 Å². The number of ketones is 1. The van der Waals surface area contributed by atoms with Crippen LogP contribution in [0.3, 0.4) is 0 Å². The van der Waals surface area contributed by atoms with Gasteiger partial charge in [0.2, 0.25) is 0 Å². The summed E-state index contributed by atoms with van der Waals surface area (Å²) in [4.78, 5) is 16.1. The summed E-state index contributed by atoms with van der Waals surface area (Å²) in [5.74, 6) is 0.646. The summed E-state index contributed by atoms with van der Waals surface area (Å²) in [7, 11) is 0. The molecule has 1 aromatic heterocycles. The third-order valence-electron chi connectivity index (χ3n) is 2.28. The molecule has 13 heavy (non-hydrogen) atoms. The number of nitrogens with one attached hydrogen (secondary N) is 1. The second-order valence-corrected chi connectivity index (χ2v) is 4.37. The Morgan fingerprint density at radius 2 is 2.62 bits per heavy atom. The van der Waals surface area contributed by atoms with Crippen LogP contribution in [0, 0.1) is 0 Å². The second-order valence-electron chi connectivity index (χ2n) is 3.31. The van der Waals surface area contributed by atoms with Crippen molar-refractivity contribution < 1.29 is 4.79 Å². The summed E-state index contributed by atoms with van der Waals surface area (Å²) in [6.07, 6.45) is 2.84. The second kappa shape index (κ2) is 3.55. The van der Waals surface area contributed by atoms with E-state index in [9.17, 15) is 4.79 Å². The van der Waals surface area contributed by atoms with Gasteiger partial charge in [0, 0.05) is 25.6 Å². The molecule has 0 aromatic carbocycles. The molecule has 1 atom stereocenters. The molecule has 0 spiro atoms. The number of nitrogens with zero attached hydrogens (tertiary/aromatic N) is 1. The smallest absolute Gasteiger partial charge is 0.171 e. The van der Waals surface area contributed by atoms with E-state index in [-0.39, 0.29) is 5.78 Å². The van der Waals surface area contributed by atoms with Crippen LogP contribution in [-0.2, 0) is 0 Å². The number of aromatic nitrogens is 1. The van der Waals surface area contributed by atoms with Crippen LogP contribution < -0.4 is 5.32 Å². The molecule has 2 rings (SSSR count). The first kappa shape index (κ1) is 8.84. The summed E-state index contributed by atoms with van der Waals surface area (Å²) >= 11 is 1.54. The van der Waals surface area contributed by atoms with Gasteiger partial charge in [0.1, 0.15) is 0 Å². The molecule has 1 aliphatic rings. The van der Waals surface area contributed by atoms with Gasteiger partial charge in [0.15, 0.2) is 5.78 Å². The highest BCUT2D eigenvalue weighted by atomic mass is 32.1. The first-order valence-electron chi connectivity index (χ1n) is 4.45. The van der Waals surface area contributed by atoms with Crippen LogP contribution in [0.5, 0.6) is 0 Å². The molecule has 1 unspecified atom stereocenters. The van der Waals surface area contributed by atoms with E-state index in [1.807, 2.05) is 0 Å². The predicted molar refractivity (Wildman–Crippen MR) is 52.3 cm³/mol. The largest absolute Gasteiger partial charge is 0.316 e. The van der Waals surface area contributed by atoms with Gasteiger partial charge in [-0.05, 0) is 13.0 Å². The standard InChI is InChI=1S/C9H12N2OS/c1-6(12)8-5-11-9(13-8)7-2-3-10-4-7/h5,7,10H,2-4H2,1H3. The molecule has 1 N–H and O–H groups in total. The van der Waals surface area contributed by atoms with Crippen LogP contribution in [-0.4, -0.2) is 23.9 Å². The Kier molecular flexibility index (Phi) is 2.42.